The highest BCUT2D eigenvalue weighted by atomic mass is 35.5. The van der Waals surface area contributed by atoms with Crippen molar-refractivity contribution in [1.29, 1.82) is 0 Å². The highest BCUT2D eigenvalue weighted by molar-refractivity contribution is 6.28. The van der Waals surface area contributed by atoms with E-state index in [2.05, 4.69) is 22.9 Å². The molecular formula is C6H8ClF3O. The van der Waals surface area contributed by atoms with Gasteiger partial charge in [0, 0.05) is 0 Å². The molecule has 0 spiro atoms. The molecule has 0 heterocycles. The van der Waals surface area contributed by atoms with Gasteiger partial charge in [-0.05, 0) is 18.5 Å². The van der Waals surface area contributed by atoms with E-state index in [1.807, 2.05) is 6.92 Å². The second kappa shape index (κ2) is 9.36. The minimum absolute atomic E-state index is 0.726. The molecule has 0 saturated carbocycles. The van der Waals surface area contributed by atoms with Crippen molar-refractivity contribution in [3.8, 4) is 0 Å². The van der Waals surface area contributed by atoms with Gasteiger partial charge in [0.25, 0.3) is 5.29 Å². The molecule has 0 N–H and O–H groups in total. The van der Waals surface area contributed by atoms with Gasteiger partial charge in [-0.1, -0.05) is 6.58 Å². The van der Waals surface area contributed by atoms with Crippen LogP contribution in [0.2, 0.25) is 0 Å². The van der Waals surface area contributed by atoms with Gasteiger partial charge in [-0.25, -0.2) is 0 Å². The number of halogens is 4. The monoisotopic (exact) mass is 188 g/mol. The second-order valence-corrected chi connectivity index (χ2v) is 1.47. The fourth-order valence-corrected chi connectivity index (χ4v) is 0.118. The van der Waals surface area contributed by atoms with E-state index in [0.717, 1.165) is 6.61 Å². The van der Waals surface area contributed by atoms with Gasteiger partial charge < -0.3 is 4.74 Å². The van der Waals surface area contributed by atoms with Crippen LogP contribution in [-0.4, -0.2) is 6.61 Å². The van der Waals surface area contributed by atoms with E-state index >= 15 is 0 Å². The zero-order valence-electron chi connectivity index (χ0n) is 5.91. The first kappa shape index (κ1) is 13.0. The SMILES string of the molecule is C=COCC.FC(F)=C(F)Cl. The molecule has 5 heteroatoms. The summed E-state index contributed by atoms with van der Waals surface area (Å²) in [5, 5.41) is -1.94. The number of hydrogen-bond acceptors (Lipinski definition) is 1. The van der Waals surface area contributed by atoms with Crippen LogP contribution in [0.4, 0.5) is 13.2 Å². The van der Waals surface area contributed by atoms with Gasteiger partial charge in [-0.3, -0.25) is 0 Å². The maximum Gasteiger partial charge on any atom is 0.317 e. The molecule has 0 aromatic rings. The van der Waals surface area contributed by atoms with E-state index in [0.29, 0.717) is 0 Å². The Balaban J connectivity index is 0. The van der Waals surface area contributed by atoms with Crippen LogP contribution in [0.5, 0.6) is 0 Å². The maximum absolute atomic E-state index is 10.7. The molecule has 0 radical (unpaired) electrons. The normalized spacial score (nSPS) is 7.36. The molecule has 11 heavy (non-hydrogen) atoms. The van der Waals surface area contributed by atoms with Crippen LogP contribution in [-0.2, 0) is 4.74 Å². The van der Waals surface area contributed by atoms with Gasteiger partial charge in [0.05, 0.1) is 12.9 Å². The molecule has 0 aliphatic carbocycles. The summed E-state index contributed by atoms with van der Waals surface area (Å²) in [7, 11) is 0. The summed E-state index contributed by atoms with van der Waals surface area (Å²) in [5.74, 6) is 0. The minimum atomic E-state index is -2.48. The molecule has 0 aliphatic rings. The maximum atomic E-state index is 10.7. The lowest BCUT2D eigenvalue weighted by molar-refractivity contribution is 0.270. The third-order valence-electron chi connectivity index (χ3n) is 0.427. The van der Waals surface area contributed by atoms with E-state index in [1.165, 1.54) is 6.26 Å². The predicted octanol–water partition coefficient (Wildman–Crippen LogP) is 3.43. The molecule has 0 aliphatic heterocycles. The fraction of sp³-hybridized carbons (Fsp3) is 0.333. The summed E-state index contributed by atoms with van der Waals surface area (Å²) < 4.78 is 36.4. The zero-order chi connectivity index (χ0) is 9.28. The van der Waals surface area contributed by atoms with Crippen molar-refractivity contribution in [2.75, 3.05) is 6.61 Å². The van der Waals surface area contributed by atoms with Crippen LogP contribution in [0.25, 0.3) is 0 Å². The molecule has 0 bridgehead atoms. The minimum Gasteiger partial charge on any atom is -0.502 e. The number of ether oxygens (including phenoxy) is 1. The smallest absolute Gasteiger partial charge is 0.317 e. The van der Waals surface area contributed by atoms with E-state index in [-0.39, 0.29) is 0 Å². The third-order valence-corrected chi connectivity index (χ3v) is 0.570. The summed E-state index contributed by atoms with van der Waals surface area (Å²) in [6, 6.07) is 0. The zero-order valence-corrected chi connectivity index (χ0v) is 6.67. The lowest BCUT2D eigenvalue weighted by Gasteiger charge is -1.84. The Morgan fingerprint density at radius 1 is 1.55 bits per heavy atom. The van der Waals surface area contributed by atoms with Gasteiger partial charge in [-0.15, -0.1) is 0 Å². The Morgan fingerprint density at radius 2 is 1.91 bits per heavy atom. The number of rotatable bonds is 2. The van der Waals surface area contributed by atoms with Gasteiger partial charge in [0.15, 0.2) is 0 Å². The van der Waals surface area contributed by atoms with E-state index in [9.17, 15) is 13.2 Å². The fourth-order valence-electron chi connectivity index (χ4n) is 0.118. The Kier molecular flexibility index (Phi) is 11.1. The molecule has 0 atom stereocenters. The van der Waals surface area contributed by atoms with Crippen molar-refractivity contribution in [3.63, 3.8) is 0 Å². The largest absolute Gasteiger partial charge is 0.502 e. The molecule has 0 unspecified atom stereocenters. The van der Waals surface area contributed by atoms with Crippen LogP contribution in [0.3, 0.4) is 0 Å². The first-order valence-electron chi connectivity index (χ1n) is 2.65. The molecule has 1 nitrogen and oxygen atoms in total. The van der Waals surface area contributed by atoms with Crippen molar-refractivity contribution in [3.05, 3.63) is 24.2 Å². The lowest BCUT2D eigenvalue weighted by Crippen LogP contribution is -1.72. The number of hydrogen-bond donors (Lipinski definition) is 0. The van der Waals surface area contributed by atoms with E-state index < -0.39 is 11.4 Å². The van der Waals surface area contributed by atoms with E-state index in [1.54, 1.807) is 0 Å². The second-order valence-electron chi connectivity index (χ2n) is 1.14. The van der Waals surface area contributed by atoms with Gasteiger partial charge >= 0.3 is 6.08 Å². The molecule has 0 amide bonds. The van der Waals surface area contributed by atoms with Crippen molar-refractivity contribution >= 4 is 11.6 Å². The van der Waals surface area contributed by atoms with Crippen molar-refractivity contribution < 1.29 is 17.9 Å². The predicted molar refractivity (Wildman–Crippen MR) is 38.0 cm³/mol. The van der Waals surface area contributed by atoms with E-state index in [4.69, 9.17) is 0 Å². The van der Waals surface area contributed by atoms with Crippen LogP contribution < -0.4 is 0 Å². The lowest BCUT2D eigenvalue weighted by atomic mass is 10.9. The average molecular weight is 189 g/mol. The van der Waals surface area contributed by atoms with Crippen LogP contribution >= 0.6 is 11.6 Å². The molecule has 0 saturated heterocycles. The summed E-state index contributed by atoms with van der Waals surface area (Å²) in [6.07, 6.45) is -1.04. The van der Waals surface area contributed by atoms with Gasteiger partial charge in [0.2, 0.25) is 0 Å². The van der Waals surface area contributed by atoms with Gasteiger partial charge in [-0.2, -0.15) is 13.2 Å². The summed E-state index contributed by atoms with van der Waals surface area (Å²) >= 11 is 4.08. The Hall–Kier alpha value is -0.640. The third kappa shape index (κ3) is 17.6. The quantitative estimate of drug-likeness (QED) is 0.604. The van der Waals surface area contributed by atoms with Crippen LogP contribution in [0.15, 0.2) is 24.2 Å². The Morgan fingerprint density at radius 3 is 1.91 bits per heavy atom. The average Bonchev–Trinajstić information content (AvgIpc) is 1.90. The van der Waals surface area contributed by atoms with Gasteiger partial charge in [0.1, 0.15) is 0 Å². The Labute approximate surface area is 68.1 Å². The Bertz CT molecular complexity index is 118. The first-order valence-corrected chi connectivity index (χ1v) is 3.02. The standard InChI is InChI=1S/C4H8O.C2ClF3/c1-3-5-4-2;3-1(4)2(5)6/h3H,1,4H2,2H3;. The van der Waals surface area contributed by atoms with Crippen molar-refractivity contribution in [1.82, 2.24) is 0 Å². The van der Waals surface area contributed by atoms with Crippen molar-refractivity contribution in [2.45, 2.75) is 6.92 Å². The molecule has 0 fully saturated rings. The molecule has 0 rings (SSSR count). The highest BCUT2D eigenvalue weighted by Crippen LogP contribution is 2.11. The summed E-state index contributed by atoms with van der Waals surface area (Å²) in [4.78, 5) is 0. The van der Waals surface area contributed by atoms with Crippen LogP contribution in [0.1, 0.15) is 6.92 Å². The molecule has 0 aromatic carbocycles. The van der Waals surface area contributed by atoms with Crippen LogP contribution in [0, 0.1) is 0 Å². The molecule has 0 aromatic heterocycles. The van der Waals surface area contributed by atoms with Crippen molar-refractivity contribution in [2.24, 2.45) is 0 Å². The molecule has 66 valence electrons. The summed E-state index contributed by atoms with van der Waals surface area (Å²) in [6.45, 7) is 5.97. The summed E-state index contributed by atoms with van der Waals surface area (Å²) in [5.41, 5.74) is 0. The molecular weight excluding hydrogens is 181 g/mol. The first-order chi connectivity index (χ1) is 5.06. The topological polar surface area (TPSA) is 9.23 Å². The highest BCUT2D eigenvalue weighted by Gasteiger charge is 1.95.